The molecule has 0 saturated heterocycles. The molecule has 2 atom stereocenters. The second kappa shape index (κ2) is 5.43. The minimum atomic E-state index is 0.289. The van der Waals surface area contributed by atoms with Crippen molar-refractivity contribution in [3.63, 3.8) is 0 Å². The zero-order chi connectivity index (χ0) is 12.3. The van der Waals surface area contributed by atoms with Crippen LogP contribution in [0.3, 0.4) is 0 Å². The van der Waals surface area contributed by atoms with Gasteiger partial charge in [0.05, 0.1) is 11.2 Å². The van der Waals surface area contributed by atoms with E-state index in [1.165, 1.54) is 11.1 Å². The van der Waals surface area contributed by atoms with Crippen molar-refractivity contribution < 1.29 is 0 Å². The number of hydrogen-bond donors (Lipinski definition) is 1. The third-order valence-corrected chi connectivity index (χ3v) is 3.58. The first-order valence-electron chi connectivity index (χ1n) is 5.87. The molecule has 0 spiro atoms. The van der Waals surface area contributed by atoms with Gasteiger partial charge in [0, 0.05) is 17.5 Å². The van der Waals surface area contributed by atoms with E-state index in [0.717, 1.165) is 5.69 Å². The average molecular weight is 246 g/mol. The molecule has 0 amide bonds. The van der Waals surface area contributed by atoms with Gasteiger partial charge in [-0.2, -0.15) is 0 Å². The van der Waals surface area contributed by atoms with Crippen molar-refractivity contribution in [2.45, 2.75) is 32.9 Å². The molecule has 90 valence electrons. The summed E-state index contributed by atoms with van der Waals surface area (Å²) in [6.07, 6.45) is 0. The third kappa shape index (κ3) is 3.14. The van der Waals surface area contributed by atoms with Gasteiger partial charge >= 0.3 is 0 Å². The fourth-order valence-electron chi connectivity index (χ4n) is 1.85. The van der Waals surface area contributed by atoms with Gasteiger partial charge in [0.25, 0.3) is 0 Å². The van der Waals surface area contributed by atoms with Gasteiger partial charge < -0.3 is 5.32 Å². The van der Waals surface area contributed by atoms with Crippen LogP contribution in [0.5, 0.6) is 0 Å². The van der Waals surface area contributed by atoms with Crippen LogP contribution in [0.25, 0.3) is 0 Å². The first kappa shape index (κ1) is 12.3. The Labute approximate surface area is 107 Å². The molecule has 1 aromatic carbocycles. The lowest BCUT2D eigenvalue weighted by atomic mass is 10.1. The smallest absolute Gasteiger partial charge is 0.0795 e. The number of nitrogens with zero attached hydrogens (tertiary/aromatic N) is 1. The van der Waals surface area contributed by atoms with Crippen molar-refractivity contribution in [1.29, 1.82) is 0 Å². The summed E-state index contributed by atoms with van der Waals surface area (Å²) >= 11 is 1.64. The Morgan fingerprint density at radius 3 is 2.41 bits per heavy atom. The molecule has 0 bridgehead atoms. The predicted molar refractivity (Wildman–Crippen MR) is 73.3 cm³/mol. The van der Waals surface area contributed by atoms with E-state index in [0.29, 0.717) is 6.04 Å². The van der Waals surface area contributed by atoms with Crippen molar-refractivity contribution in [1.82, 2.24) is 10.3 Å². The highest BCUT2D eigenvalue weighted by Crippen LogP contribution is 2.19. The maximum atomic E-state index is 4.33. The number of thiazole rings is 1. The topological polar surface area (TPSA) is 24.9 Å². The number of hydrogen-bond acceptors (Lipinski definition) is 3. The zero-order valence-corrected chi connectivity index (χ0v) is 11.3. The Kier molecular flexibility index (Phi) is 3.92. The van der Waals surface area contributed by atoms with Gasteiger partial charge in [-0.1, -0.05) is 29.8 Å². The Morgan fingerprint density at radius 1 is 1.12 bits per heavy atom. The molecule has 0 aliphatic carbocycles. The first-order chi connectivity index (χ1) is 8.16. The Bertz CT molecular complexity index is 448. The molecule has 2 aromatic rings. The summed E-state index contributed by atoms with van der Waals surface area (Å²) in [4.78, 5) is 4.33. The summed E-state index contributed by atoms with van der Waals surface area (Å²) in [5.74, 6) is 0. The van der Waals surface area contributed by atoms with Gasteiger partial charge in [0.2, 0.25) is 0 Å². The van der Waals surface area contributed by atoms with E-state index in [4.69, 9.17) is 0 Å². The van der Waals surface area contributed by atoms with Crippen LogP contribution in [0.4, 0.5) is 0 Å². The molecule has 17 heavy (non-hydrogen) atoms. The van der Waals surface area contributed by atoms with E-state index < -0.39 is 0 Å². The second-order valence-electron chi connectivity index (χ2n) is 4.43. The van der Waals surface area contributed by atoms with Gasteiger partial charge in [0.15, 0.2) is 0 Å². The summed E-state index contributed by atoms with van der Waals surface area (Å²) in [5, 5.41) is 5.66. The van der Waals surface area contributed by atoms with E-state index >= 15 is 0 Å². The van der Waals surface area contributed by atoms with E-state index in [9.17, 15) is 0 Å². The third-order valence-electron chi connectivity index (χ3n) is 2.97. The number of aryl methyl sites for hydroxylation is 1. The Balaban J connectivity index is 2.01. The molecule has 2 rings (SSSR count). The number of rotatable bonds is 4. The van der Waals surface area contributed by atoms with Crippen LogP contribution in [-0.4, -0.2) is 4.98 Å². The largest absolute Gasteiger partial charge is 0.302 e. The van der Waals surface area contributed by atoms with Gasteiger partial charge in [-0.25, -0.2) is 4.98 Å². The van der Waals surface area contributed by atoms with E-state index in [1.807, 2.05) is 5.51 Å². The summed E-state index contributed by atoms with van der Waals surface area (Å²) in [6.45, 7) is 6.45. The summed E-state index contributed by atoms with van der Waals surface area (Å²) in [5.41, 5.74) is 5.62. The summed E-state index contributed by atoms with van der Waals surface area (Å²) in [6, 6.07) is 9.30. The standard InChI is InChI=1S/C14H18N2S/c1-10-4-6-13(7-5-10)11(2)16-12(3)14-8-17-9-15-14/h4-9,11-12,16H,1-3H3/t11-,12?/m1/s1. The average Bonchev–Trinajstić information content (AvgIpc) is 2.83. The lowest BCUT2D eigenvalue weighted by Crippen LogP contribution is -2.22. The van der Waals surface area contributed by atoms with Gasteiger partial charge in [-0.15, -0.1) is 11.3 Å². The van der Waals surface area contributed by atoms with Crippen LogP contribution in [0.2, 0.25) is 0 Å². The molecule has 1 N–H and O–H groups in total. The van der Waals surface area contributed by atoms with Crippen molar-refractivity contribution in [3.05, 3.63) is 52.0 Å². The number of benzene rings is 1. The van der Waals surface area contributed by atoms with Crippen molar-refractivity contribution >= 4 is 11.3 Å². The fourth-order valence-corrected chi connectivity index (χ4v) is 2.50. The molecule has 1 heterocycles. The highest BCUT2D eigenvalue weighted by molar-refractivity contribution is 7.07. The molecule has 3 heteroatoms. The van der Waals surface area contributed by atoms with E-state index in [2.05, 4.69) is 60.7 Å². The maximum Gasteiger partial charge on any atom is 0.0795 e. The molecule has 2 nitrogen and oxygen atoms in total. The molecular formula is C14H18N2S. The Hall–Kier alpha value is -1.19. The van der Waals surface area contributed by atoms with Crippen molar-refractivity contribution in [3.8, 4) is 0 Å². The highest BCUT2D eigenvalue weighted by Gasteiger charge is 2.12. The zero-order valence-electron chi connectivity index (χ0n) is 10.5. The summed E-state index contributed by atoms with van der Waals surface area (Å²) < 4.78 is 0. The minimum Gasteiger partial charge on any atom is -0.302 e. The first-order valence-corrected chi connectivity index (χ1v) is 6.82. The molecule has 0 radical (unpaired) electrons. The van der Waals surface area contributed by atoms with Gasteiger partial charge in [-0.3, -0.25) is 0 Å². The predicted octanol–water partition coefficient (Wildman–Crippen LogP) is 3.86. The monoisotopic (exact) mass is 246 g/mol. The van der Waals surface area contributed by atoms with Crippen molar-refractivity contribution in [2.24, 2.45) is 0 Å². The molecule has 0 fully saturated rings. The van der Waals surface area contributed by atoms with Crippen LogP contribution in [0.15, 0.2) is 35.2 Å². The SMILES string of the molecule is Cc1ccc([C@@H](C)NC(C)c2cscn2)cc1. The lowest BCUT2D eigenvalue weighted by molar-refractivity contribution is 0.488. The minimum absolute atomic E-state index is 0.289. The van der Waals surface area contributed by atoms with Crippen LogP contribution >= 0.6 is 11.3 Å². The molecule has 1 aromatic heterocycles. The normalized spacial score (nSPS) is 14.5. The van der Waals surface area contributed by atoms with Crippen LogP contribution in [-0.2, 0) is 0 Å². The van der Waals surface area contributed by atoms with E-state index in [1.54, 1.807) is 11.3 Å². The van der Waals surface area contributed by atoms with Crippen LogP contribution in [0, 0.1) is 6.92 Å². The molecule has 0 aliphatic rings. The summed E-state index contributed by atoms with van der Waals surface area (Å²) in [7, 11) is 0. The maximum absolute atomic E-state index is 4.33. The highest BCUT2D eigenvalue weighted by atomic mass is 32.1. The number of aromatic nitrogens is 1. The Morgan fingerprint density at radius 2 is 1.82 bits per heavy atom. The van der Waals surface area contributed by atoms with Crippen molar-refractivity contribution in [2.75, 3.05) is 0 Å². The van der Waals surface area contributed by atoms with E-state index in [-0.39, 0.29) is 6.04 Å². The molecule has 0 saturated carbocycles. The van der Waals surface area contributed by atoms with Crippen LogP contribution in [0.1, 0.15) is 42.8 Å². The fraction of sp³-hybridized carbons (Fsp3) is 0.357. The molecule has 0 aliphatic heterocycles. The van der Waals surface area contributed by atoms with Crippen LogP contribution < -0.4 is 5.32 Å². The van der Waals surface area contributed by atoms with Gasteiger partial charge in [0.1, 0.15) is 0 Å². The molecular weight excluding hydrogens is 228 g/mol. The quantitative estimate of drug-likeness (QED) is 0.886. The second-order valence-corrected chi connectivity index (χ2v) is 5.15. The number of nitrogens with one attached hydrogen (secondary N) is 1. The lowest BCUT2D eigenvalue weighted by Gasteiger charge is -2.19. The van der Waals surface area contributed by atoms with Gasteiger partial charge in [-0.05, 0) is 26.3 Å². The molecule has 1 unspecified atom stereocenters.